The number of hydrogen-bond donors (Lipinski definition) is 0. The number of para-hydroxylation sites is 1. The standard InChI is InChI=1S/C15H17NO2/c1-2-13-7-3-4-8-14(13)18-12-11-16-10-6-5-9-15(16)17/h3-10H,2,11-12H2,1H3. The third-order valence-electron chi connectivity index (χ3n) is 2.84. The van der Waals surface area contributed by atoms with Crippen molar-refractivity contribution in [2.24, 2.45) is 0 Å². The molecule has 0 amide bonds. The zero-order chi connectivity index (χ0) is 12.8. The Hall–Kier alpha value is -2.03. The van der Waals surface area contributed by atoms with E-state index in [0.29, 0.717) is 13.2 Å². The Balaban J connectivity index is 1.97. The lowest BCUT2D eigenvalue weighted by Crippen LogP contribution is -2.21. The predicted molar refractivity (Wildman–Crippen MR) is 72.0 cm³/mol. The zero-order valence-corrected chi connectivity index (χ0v) is 10.5. The second-order valence-electron chi connectivity index (χ2n) is 4.04. The van der Waals surface area contributed by atoms with Gasteiger partial charge in [0.1, 0.15) is 12.4 Å². The number of aromatic nitrogens is 1. The Labute approximate surface area is 107 Å². The molecule has 0 unspecified atom stereocenters. The number of benzene rings is 1. The highest BCUT2D eigenvalue weighted by molar-refractivity contribution is 5.33. The first-order valence-corrected chi connectivity index (χ1v) is 6.17. The van der Waals surface area contributed by atoms with Crippen molar-refractivity contribution in [1.29, 1.82) is 0 Å². The molecule has 18 heavy (non-hydrogen) atoms. The molecule has 0 aliphatic carbocycles. The first kappa shape index (κ1) is 12.4. The van der Waals surface area contributed by atoms with Gasteiger partial charge in [-0.2, -0.15) is 0 Å². The molecule has 1 aromatic carbocycles. The van der Waals surface area contributed by atoms with Crippen LogP contribution in [0.15, 0.2) is 53.5 Å². The largest absolute Gasteiger partial charge is 0.491 e. The molecule has 2 rings (SSSR count). The normalized spacial score (nSPS) is 10.3. The summed E-state index contributed by atoms with van der Waals surface area (Å²) in [7, 11) is 0. The van der Waals surface area contributed by atoms with E-state index in [-0.39, 0.29) is 5.56 Å². The molecule has 2 aromatic rings. The van der Waals surface area contributed by atoms with Crippen LogP contribution in [-0.2, 0) is 13.0 Å². The Kier molecular flexibility index (Phi) is 4.18. The summed E-state index contributed by atoms with van der Waals surface area (Å²) in [6.45, 7) is 3.17. The monoisotopic (exact) mass is 243 g/mol. The van der Waals surface area contributed by atoms with Crippen LogP contribution < -0.4 is 10.3 Å². The average molecular weight is 243 g/mol. The van der Waals surface area contributed by atoms with Crippen molar-refractivity contribution < 1.29 is 4.74 Å². The summed E-state index contributed by atoms with van der Waals surface area (Å²) >= 11 is 0. The molecular weight excluding hydrogens is 226 g/mol. The van der Waals surface area contributed by atoms with E-state index in [2.05, 4.69) is 13.0 Å². The molecule has 0 fully saturated rings. The number of rotatable bonds is 5. The summed E-state index contributed by atoms with van der Waals surface area (Å²) in [6.07, 6.45) is 2.72. The molecule has 94 valence electrons. The Morgan fingerprint density at radius 2 is 1.89 bits per heavy atom. The maximum atomic E-state index is 11.5. The number of hydrogen-bond acceptors (Lipinski definition) is 2. The van der Waals surface area contributed by atoms with Crippen LogP contribution in [0.4, 0.5) is 0 Å². The third kappa shape index (κ3) is 3.00. The molecule has 1 heterocycles. The van der Waals surface area contributed by atoms with Crippen molar-refractivity contribution in [2.75, 3.05) is 6.61 Å². The Morgan fingerprint density at radius 1 is 1.11 bits per heavy atom. The maximum absolute atomic E-state index is 11.5. The molecule has 0 N–H and O–H groups in total. The summed E-state index contributed by atoms with van der Waals surface area (Å²) in [5.41, 5.74) is 1.20. The number of pyridine rings is 1. The van der Waals surface area contributed by atoms with E-state index in [9.17, 15) is 4.79 Å². The van der Waals surface area contributed by atoms with Crippen molar-refractivity contribution in [3.63, 3.8) is 0 Å². The van der Waals surface area contributed by atoms with Crippen LogP contribution in [0.1, 0.15) is 12.5 Å². The minimum atomic E-state index is 0.00452. The van der Waals surface area contributed by atoms with Crippen molar-refractivity contribution in [3.8, 4) is 5.75 Å². The molecular formula is C15H17NO2. The van der Waals surface area contributed by atoms with Gasteiger partial charge < -0.3 is 9.30 Å². The fourth-order valence-corrected chi connectivity index (χ4v) is 1.84. The summed E-state index contributed by atoms with van der Waals surface area (Å²) in [5, 5.41) is 0. The molecule has 0 atom stereocenters. The smallest absolute Gasteiger partial charge is 0.250 e. The van der Waals surface area contributed by atoms with Crippen molar-refractivity contribution >= 4 is 0 Å². The zero-order valence-electron chi connectivity index (χ0n) is 10.5. The quantitative estimate of drug-likeness (QED) is 0.808. The summed E-state index contributed by atoms with van der Waals surface area (Å²) in [6, 6.07) is 13.1. The van der Waals surface area contributed by atoms with Crippen LogP contribution in [-0.4, -0.2) is 11.2 Å². The molecule has 0 saturated carbocycles. The fourth-order valence-electron chi connectivity index (χ4n) is 1.84. The summed E-state index contributed by atoms with van der Waals surface area (Å²) < 4.78 is 7.37. The molecule has 0 aliphatic heterocycles. The minimum Gasteiger partial charge on any atom is -0.491 e. The molecule has 3 nitrogen and oxygen atoms in total. The second-order valence-corrected chi connectivity index (χ2v) is 4.04. The Morgan fingerprint density at radius 3 is 2.67 bits per heavy atom. The van der Waals surface area contributed by atoms with Gasteiger partial charge in [0.05, 0.1) is 6.54 Å². The van der Waals surface area contributed by atoms with Crippen LogP contribution in [0.3, 0.4) is 0 Å². The summed E-state index contributed by atoms with van der Waals surface area (Å²) in [5.74, 6) is 0.906. The second kappa shape index (κ2) is 6.05. The Bertz CT molecular complexity index is 560. The van der Waals surface area contributed by atoms with Crippen molar-refractivity contribution in [1.82, 2.24) is 4.57 Å². The van der Waals surface area contributed by atoms with Crippen LogP contribution in [0.2, 0.25) is 0 Å². The van der Waals surface area contributed by atoms with Gasteiger partial charge >= 0.3 is 0 Å². The molecule has 0 bridgehead atoms. The van der Waals surface area contributed by atoms with E-state index in [0.717, 1.165) is 12.2 Å². The van der Waals surface area contributed by atoms with Gasteiger partial charge in [-0.15, -0.1) is 0 Å². The lowest BCUT2D eigenvalue weighted by molar-refractivity contribution is 0.294. The fraction of sp³-hybridized carbons (Fsp3) is 0.267. The van der Waals surface area contributed by atoms with Gasteiger partial charge in [-0.25, -0.2) is 0 Å². The van der Waals surface area contributed by atoms with Gasteiger partial charge in [0.15, 0.2) is 0 Å². The first-order valence-electron chi connectivity index (χ1n) is 6.17. The average Bonchev–Trinajstić information content (AvgIpc) is 2.41. The van der Waals surface area contributed by atoms with Crippen LogP contribution in [0.25, 0.3) is 0 Å². The van der Waals surface area contributed by atoms with Crippen LogP contribution in [0, 0.1) is 0 Å². The van der Waals surface area contributed by atoms with E-state index in [1.165, 1.54) is 5.56 Å². The summed E-state index contributed by atoms with van der Waals surface area (Å²) in [4.78, 5) is 11.5. The third-order valence-corrected chi connectivity index (χ3v) is 2.84. The van der Waals surface area contributed by atoms with Gasteiger partial charge in [-0.1, -0.05) is 31.2 Å². The minimum absolute atomic E-state index is 0.00452. The SMILES string of the molecule is CCc1ccccc1OCCn1ccccc1=O. The molecule has 0 radical (unpaired) electrons. The highest BCUT2D eigenvalue weighted by Gasteiger charge is 2.00. The van der Waals surface area contributed by atoms with Gasteiger partial charge in [-0.05, 0) is 24.1 Å². The highest BCUT2D eigenvalue weighted by atomic mass is 16.5. The van der Waals surface area contributed by atoms with E-state index in [4.69, 9.17) is 4.74 Å². The molecule has 1 aromatic heterocycles. The molecule has 3 heteroatoms. The predicted octanol–water partition coefficient (Wildman–Crippen LogP) is 2.49. The van der Waals surface area contributed by atoms with E-state index >= 15 is 0 Å². The number of ether oxygens (including phenoxy) is 1. The lowest BCUT2D eigenvalue weighted by atomic mass is 10.1. The van der Waals surface area contributed by atoms with E-state index in [1.54, 1.807) is 22.9 Å². The topological polar surface area (TPSA) is 31.2 Å². The molecule has 0 aliphatic rings. The van der Waals surface area contributed by atoms with Gasteiger partial charge in [0, 0.05) is 12.3 Å². The maximum Gasteiger partial charge on any atom is 0.250 e. The first-order chi connectivity index (χ1) is 8.81. The van der Waals surface area contributed by atoms with E-state index in [1.807, 2.05) is 24.3 Å². The number of aryl methyl sites for hydroxylation is 1. The van der Waals surface area contributed by atoms with Crippen LogP contribution >= 0.6 is 0 Å². The van der Waals surface area contributed by atoms with Crippen molar-refractivity contribution in [2.45, 2.75) is 19.9 Å². The number of nitrogens with zero attached hydrogens (tertiary/aromatic N) is 1. The molecule has 0 spiro atoms. The van der Waals surface area contributed by atoms with Crippen LogP contribution in [0.5, 0.6) is 5.75 Å². The highest BCUT2D eigenvalue weighted by Crippen LogP contribution is 2.17. The van der Waals surface area contributed by atoms with Gasteiger partial charge in [-0.3, -0.25) is 4.79 Å². The van der Waals surface area contributed by atoms with E-state index < -0.39 is 0 Å². The molecule has 0 saturated heterocycles. The lowest BCUT2D eigenvalue weighted by Gasteiger charge is -2.11. The van der Waals surface area contributed by atoms with Gasteiger partial charge in [0.2, 0.25) is 0 Å². The van der Waals surface area contributed by atoms with Crippen molar-refractivity contribution in [3.05, 3.63) is 64.6 Å². The van der Waals surface area contributed by atoms with Gasteiger partial charge in [0.25, 0.3) is 5.56 Å².